The zero-order valence-electron chi connectivity index (χ0n) is 9.15. The predicted molar refractivity (Wildman–Crippen MR) is 66.2 cm³/mol. The summed E-state index contributed by atoms with van der Waals surface area (Å²) in [6.45, 7) is 0.903. The third kappa shape index (κ3) is 3.12. The van der Waals surface area contributed by atoms with Gasteiger partial charge in [-0.05, 0) is 17.7 Å². The van der Waals surface area contributed by atoms with Crippen LogP contribution >= 0.6 is 11.6 Å². The molecule has 1 aromatic carbocycles. The van der Waals surface area contributed by atoms with Crippen LogP contribution in [0.4, 0.5) is 0 Å². The van der Waals surface area contributed by atoms with Crippen LogP contribution in [0.3, 0.4) is 0 Å². The van der Waals surface area contributed by atoms with Gasteiger partial charge < -0.3 is 14.6 Å². The number of benzene rings is 1. The molecule has 1 heterocycles. The molecule has 6 heteroatoms. The Balaban J connectivity index is 2.19. The normalized spacial score (nSPS) is 15.6. The van der Waals surface area contributed by atoms with Gasteiger partial charge in [0.05, 0.1) is 11.6 Å². The molecular formula is C11H13ClO4S. The number of hydrogen-bond donors (Lipinski definition) is 1. The van der Waals surface area contributed by atoms with Crippen molar-refractivity contribution in [3.05, 3.63) is 22.7 Å². The first-order valence-corrected chi connectivity index (χ1v) is 7.11. The van der Waals surface area contributed by atoms with E-state index < -0.39 is 10.8 Å². The molecule has 1 aromatic rings. The van der Waals surface area contributed by atoms with E-state index in [0.717, 1.165) is 5.56 Å². The van der Waals surface area contributed by atoms with E-state index in [1.807, 2.05) is 0 Å². The number of fused-ring (bicyclic) bond motifs is 1. The lowest BCUT2D eigenvalue weighted by Gasteiger charge is -2.20. The van der Waals surface area contributed by atoms with Crippen molar-refractivity contribution in [1.29, 1.82) is 0 Å². The molecule has 1 unspecified atom stereocenters. The average molecular weight is 277 g/mol. The summed E-state index contributed by atoms with van der Waals surface area (Å²) in [7, 11) is -1.09. The van der Waals surface area contributed by atoms with Crippen LogP contribution in [-0.4, -0.2) is 34.9 Å². The Morgan fingerprint density at radius 3 is 2.88 bits per heavy atom. The van der Waals surface area contributed by atoms with Gasteiger partial charge in [-0.3, -0.25) is 4.21 Å². The van der Waals surface area contributed by atoms with Crippen LogP contribution in [0.1, 0.15) is 5.56 Å². The molecule has 0 saturated heterocycles. The molecule has 0 amide bonds. The van der Waals surface area contributed by atoms with Crippen molar-refractivity contribution in [2.75, 3.05) is 25.6 Å². The maximum Gasteiger partial charge on any atom is 0.179 e. The van der Waals surface area contributed by atoms with Crippen LogP contribution in [0.25, 0.3) is 0 Å². The van der Waals surface area contributed by atoms with Crippen molar-refractivity contribution in [3.8, 4) is 11.5 Å². The van der Waals surface area contributed by atoms with Gasteiger partial charge in [0.1, 0.15) is 13.2 Å². The summed E-state index contributed by atoms with van der Waals surface area (Å²) in [6, 6.07) is 3.51. The fourth-order valence-corrected chi connectivity index (χ4v) is 2.78. The monoisotopic (exact) mass is 276 g/mol. The molecule has 4 nitrogen and oxygen atoms in total. The van der Waals surface area contributed by atoms with Gasteiger partial charge in [0.2, 0.25) is 0 Å². The summed E-state index contributed by atoms with van der Waals surface area (Å²) in [5.74, 6) is 1.78. The SMILES string of the molecule is O=S(CCO)Cc1cc(Cl)c2c(c1)OCCO2. The van der Waals surface area contributed by atoms with E-state index in [-0.39, 0.29) is 12.4 Å². The van der Waals surface area contributed by atoms with Crippen molar-refractivity contribution in [1.82, 2.24) is 0 Å². The van der Waals surface area contributed by atoms with E-state index >= 15 is 0 Å². The fraction of sp³-hybridized carbons (Fsp3) is 0.455. The van der Waals surface area contributed by atoms with Gasteiger partial charge in [-0.15, -0.1) is 0 Å². The van der Waals surface area contributed by atoms with Crippen LogP contribution in [0.5, 0.6) is 11.5 Å². The zero-order chi connectivity index (χ0) is 12.3. The minimum absolute atomic E-state index is 0.0785. The number of ether oxygens (including phenoxy) is 2. The van der Waals surface area contributed by atoms with Gasteiger partial charge in [-0.2, -0.15) is 0 Å². The Morgan fingerprint density at radius 1 is 1.35 bits per heavy atom. The number of aliphatic hydroxyl groups is 1. The highest BCUT2D eigenvalue weighted by Gasteiger charge is 2.17. The van der Waals surface area contributed by atoms with Gasteiger partial charge in [0.25, 0.3) is 0 Å². The molecule has 0 fully saturated rings. The molecule has 0 aliphatic carbocycles. The van der Waals surface area contributed by atoms with Gasteiger partial charge in [0, 0.05) is 22.3 Å². The first-order valence-electron chi connectivity index (χ1n) is 5.24. The molecule has 0 radical (unpaired) electrons. The molecule has 0 saturated carbocycles. The van der Waals surface area contributed by atoms with Crippen LogP contribution in [0.15, 0.2) is 12.1 Å². The minimum atomic E-state index is -1.09. The summed E-state index contributed by atoms with van der Waals surface area (Å²) in [6.07, 6.45) is 0. The highest BCUT2D eigenvalue weighted by atomic mass is 35.5. The third-order valence-electron chi connectivity index (χ3n) is 2.30. The molecule has 2 rings (SSSR count). The molecule has 1 aliphatic heterocycles. The Labute approximate surface area is 107 Å². The predicted octanol–water partition coefficient (Wildman–Crippen LogP) is 1.35. The molecular weight excluding hydrogens is 264 g/mol. The van der Waals surface area contributed by atoms with E-state index in [2.05, 4.69) is 0 Å². The second-order valence-corrected chi connectivity index (χ2v) is 5.60. The first kappa shape index (κ1) is 12.7. The van der Waals surface area contributed by atoms with E-state index in [1.165, 1.54) is 0 Å². The Kier molecular flexibility index (Phi) is 4.25. The maximum absolute atomic E-state index is 11.5. The van der Waals surface area contributed by atoms with Crippen molar-refractivity contribution in [2.24, 2.45) is 0 Å². The van der Waals surface area contributed by atoms with Gasteiger partial charge in [0.15, 0.2) is 11.5 Å². The average Bonchev–Trinajstić information content (AvgIpc) is 2.29. The zero-order valence-corrected chi connectivity index (χ0v) is 10.7. The molecule has 17 heavy (non-hydrogen) atoms. The summed E-state index contributed by atoms with van der Waals surface area (Å²) < 4.78 is 22.3. The lowest BCUT2D eigenvalue weighted by atomic mass is 10.2. The molecule has 1 N–H and O–H groups in total. The van der Waals surface area contributed by atoms with Crippen LogP contribution in [0.2, 0.25) is 5.02 Å². The summed E-state index contributed by atoms with van der Waals surface area (Å²) in [4.78, 5) is 0. The molecule has 1 atom stereocenters. The summed E-state index contributed by atoms with van der Waals surface area (Å²) >= 11 is 6.05. The molecule has 1 aliphatic rings. The number of aliphatic hydroxyl groups excluding tert-OH is 1. The van der Waals surface area contributed by atoms with Crippen molar-refractivity contribution in [3.63, 3.8) is 0 Å². The largest absolute Gasteiger partial charge is 0.486 e. The van der Waals surface area contributed by atoms with Gasteiger partial charge in [-0.1, -0.05) is 11.6 Å². The summed E-state index contributed by atoms with van der Waals surface area (Å²) in [5, 5.41) is 9.17. The molecule has 0 bridgehead atoms. The van der Waals surface area contributed by atoms with Gasteiger partial charge in [-0.25, -0.2) is 0 Å². The molecule has 94 valence electrons. The molecule has 0 spiro atoms. The van der Waals surface area contributed by atoms with Crippen LogP contribution < -0.4 is 9.47 Å². The van der Waals surface area contributed by atoms with Crippen LogP contribution in [0, 0.1) is 0 Å². The van der Waals surface area contributed by atoms with Crippen molar-refractivity contribution < 1.29 is 18.8 Å². The topological polar surface area (TPSA) is 55.8 Å². The quantitative estimate of drug-likeness (QED) is 0.902. The number of rotatable bonds is 4. The fourth-order valence-electron chi connectivity index (χ4n) is 1.61. The highest BCUT2D eigenvalue weighted by molar-refractivity contribution is 7.84. The summed E-state index contributed by atoms with van der Waals surface area (Å²) in [5.41, 5.74) is 0.825. The minimum Gasteiger partial charge on any atom is -0.486 e. The number of halogens is 1. The lowest BCUT2D eigenvalue weighted by molar-refractivity contribution is 0.171. The Morgan fingerprint density at radius 2 is 2.12 bits per heavy atom. The van der Waals surface area contributed by atoms with Crippen LogP contribution in [-0.2, 0) is 16.6 Å². The lowest BCUT2D eigenvalue weighted by Crippen LogP contribution is -2.16. The standard InChI is InChI=1S/C11H13ClO4S/c12-9-5-8(7-17(14)4-1-13)6-10-11(9)16-3-2-15-10/h5-6,13H,1-4,7H2. The maximum atomic E-state index is 11.5. The second kappa shape index (κ2) is 5.71. The highest BCUT2D eigenvalue weighted by Crippen LogP contribution is 2.38. The smallest absolute Gasteiger partial charge is 0.179 e. The van der Waals surface area contributed by atoms with E-state index in [1.54, 1.807) is 12.1 Å². The Hall–Kier alpha value is -0.780. The first-order chi connectivity index (χ1) is 8.20. The second-order valence-electron chi connectivity index (χ2n) is 3.61. The Bertz CT molecular complexity index is 436. The third-order valence-corrected chi connectivity index (χ3v) is 3.88. The van der Waals surface area contributed by atoms with E-state index in [9.17, 15) is 4.21 Å². The number of hydrogen-bond acceptors (Lipinski definition) is 4. The van der Waals surface area contributed by atoms with Gasteiger partial charge >= 0.3 is 0 Å². The van der Waals surface area contributed by atoms with E-state index in [0.29, 0.717) is 35.5 Å². The van der Waals surface area contributed by atoms with Crippen molar-refractivity contribution >= 4 is 22.4 Å². The molecule has 0 aromatic heterocycles. The van der Waals surface area contributed by atoms with Crippen molar-refractivity contribution in [2.45, 2.75) is 5.75 Å². The van der Waals surface area contributed by atoms with E-state index in [4.69, 9.17) is 26.2 Å².